The average Bonchev–Trinajstić information content (AvgIpc) is 3.44. The molecular formula is C39H38Cl2N2O9S. The van der Waals surface area contributed by atoms with E-state index in [1.54, 1.807) is 76.4 Å². The number of rotatable bonds is 15. The molecule has 0 fully saturated rings. The van der Waals surface area contributed by atoms with E-state index in [-0.39, 0.29) is 37.6 Å². The van der Waals surface area contributed by atoms with E-state index < -0.39 is 18.0 Å². The molecule has 1 atom stereocenters. The number of methoxy groups -OCH3 is 2. The Labute approximate surface area is 320 Å². The highest BCUT2D eigenvalue weighted by Crippen LogP contribution is 2.37. The topological polar surface area (TPSA) is 124 Å². The van der Waals surface area contributed by atoms with Crippen LogP contribution in [0.3, 0.4) is 0 Å². The molecule has 1 aromatic heterocycles. The number of benzene rings is 3. The van der Waals surface area contributed by atoms with E-state index in [4.69, 9.17) is 51.6 Å². The van der Waals surface area contributed by atoms with E-state index in [1.165, 1.54) is 23.0 Å². The summed E-state index contributed by atoms with van der Waals surface area (Å²) in [7, 11) is 2.81. The van der Waals surface area contributed by atoms with Gasteiger partial charge in [-0.25, -0.2) is 14.6 Å². The minimum absolute atomic E-state index is 0.124. The molecule has 2 heterocycles. The van der Waals surface area contributed by atoms with Gasteiger partial charge in [0.1, 0.15) is 6.61 Å². The van der Waals surface area contributed by atoms with Crippen molar-refractivity contribution in [2.24, 2.45) is 4.99 Å². The number of hydrogen-bond donors (Lipinski definition) is 0. The molecule has 14 heteroatoms. The third-order valence-electron chi connectivity index (χ3n) is 8.08. The van der Waals surface area contributed by atoms with Crippen LogP contribution in [-0.2, 0) is 32.1 Å². The summed E-state index contributed by atoms with van der Waals surface area (Å²) < 4.78 is 35.5. The molecule has 1 aliphatic rings. The number of nitrogens with zero attached hydrogens (tertiary/aromatic N) is 2. The van der Waals surface area contributed by atoms with Gasteiger partial charge in [0.05, 0.1) is 59.3 Å². The predicted octanol–water partition coefficient (Wildman–Crippen LogP) is 6.37. The number of allylic oxidation sites excluding steroid dienone is 2. The van der Waals surface area contributed by atoms with Crippen molar-refractivity contribution in [3.05, 3.63) is 124 Å². The molecule has 0 saturated carbocycles. The normalized spacial score (nSPS) is 13.9. The third-order valence-corrected chi connectivity index (χ3v) is 9.80. The Balaban J connectivity index is 1.61. The SMILES string of the molecule is C=CCc1cc(/C=c2\sc3n(c2=O)[C@@H](c2ccc(OCC(=O)OC)c(OCC)c2)C(C(=O)OCC)=C(C)N=3)cc(OC)c1OCc1ccc(Cl)c(Cl)c1. The van der Waals surface area contributed by atoms with Crippen molar-refractivity contribution < 1.29 is 38.0 Å². The van der Waals surface area contributed by atoms with Crippen LogP contribution in [0.1, 0.15) is 49.1 Å². The van der Waals surface area contributed by atoms with Crippen LogP contribution in [0.25, 0.3) is 6.08 Å². The summed E-state index contributed by atoms with van der Waals surface area (Å²) in [6.45, 7) is 9.41. The maximum atomic E-state index is 14.4. The van der Waals surface area contributed by atoms with Crippen molar-refractivity contribution in [3.8, 4) is 23.0 Å². The van der Waals surface area contributed by atoms with Crippen LogP contribution in [0, 0.1) is 0 Å². The zero-order valence-electron chi connectivity index (χ0n) is 29.8. The molecule has 1 aliphatic heterocycles. The summed E-state index contributed by atoms with van der Waals surface area (Å²) in [6, 6.07) is 13.1. The first-order valence-electron chi connectivity index (χ1n) is 16.6. The fourth-order valence-electron chi connectivity index (χ4n) is 5.71. The minimum atomic E-state index is -0.913. The highest BCUT2D eigenvalue weighted by atomic mass is 35.5. The van der Waals surface area contributed by atoms with Crippen LogP contribution < -0.4 is 33.8 Å². The molecule has 5 rings (SSSR count). The second kappa shape index (κ2) is 17.7. The number of halogens is 2. The zero-order valence-corrected chi connectivity index (χ0v) is 32.2. The zero-order chi connectivity index (χ0) is 38.2. The summed E-state index contributed by atoms with van der Waals surface area (Å²) in [5.41, 5.74) is 3.06. The molecule has 0 amide bonds. The Morgan fingerprint density at radius 3 is 2.43 bits per heavy atom. The maximum absolute atomic E-state index is 14.4. The Hall–Kier alpha value is -5.04. The van der Waals surface area contributed by atoms with Crippen molar-refractivity contribution in [3.63, 3.8) is 0 Å². The summed E-state index contributed by atoms with van der Waals surface area (Å²) >= 11 is 13.5. The fourth-order valence-corrected chi connectivity index (χ4v) is 7.08. The van der Waals surface area contributed by atoms with Gasteiger partial charge in [-0.3, -0.25) is 9.36 Å². The fraction of sp³-hybridized carbons (Fsp3) is 0.282. The van der Waals surface area contributed by atoms with Crippen molar-refractivity contribution >= 4 is 52.6 Å². The summed E-state index contributed by atoms with van der Waals surface area (Å²) in [5, 5.41) is 0.870. The van der Waals surface area contributed by atoms with Gasteiger partial charge >= 0.3 is 11.9 Å². The smallest absolute Gasteiger partial charge is 0.343 e. The Kier molecular flexibility index (Phi) is 13.0. The van der Waals surface area contributed by atoms with Gasteiger partial charge in [0.25, 0.3) is 5.56 Å². The Bertz CT molecular complexity index is 2260. The van der Waals surface area contributed by atoms with E-state index in [2.05, 4.69) is 11.6 Å². The molecule has 0 radical (unpaired) electrons. The number of aromatic nitrogens is 1. The highest BCUT2D eigenvalue weighted by Gasteiger charge is 2.34. The number of carbonyl (C=O) groups is 2. The van der Waals surface area contributed by atoms with Crippen LogP contribution in [0.5, 0.6) is 23.0 Å². The molecule has 0 saturated heterocycles. The van der Waals surface area contributed by atoms with Crippen LogP contribution in [0.2, 0.25) is 10.0 Å². The lowest BCUT2D eigenvalue weighted by Crippen LogP contribution is -2.40. The quantitative estimate of drug-likeness (QED) is 0.100. The van der Waals surface area contributed by atoms with E-state index in [0.29, 0.717) is 65.6 Å². The van der Waals surface area contributed by atoms with Gasteiger partial charge in [-0.1, -0.05) is 52.7 Å². The van der Waals surface area contributed by atoms with Crippen molar-refractivity contribution in [1.82, 2.24) is 4.57 Å². The summed E-state index contributed by atoms with van der Waals surface area (Å²) in [4.78, 5) is 44.7. The first-order chi connectivity index (χ1) is 25.5. The van der Waals surface area contributed by atoms with Crippen LogP contribution in [-0.4, -0.2) is 50.5 Å². The first kappa shape index (κ1) is 39.2. The first-order valence-corrected chi connectivity index (χ1v) is 18.1. The summed E-state index contributed by atoms with van der Waals surface area (Å²) in [6.07, 6.45) is 3.96. The van der Waals surface area contributed by atoms with Crippen molar-refractivity contribution in [2.75, 3.05) is 34.0 Å². The molecule has 0 bridgehead atoms. The monoisotopic (exact) mass is 780 g/mol. The molecule has 0 aliphatic carbocycles. The van der Waals surface area contributed by atoms with Gasteiger partial charge in [0, 0.05) is 5.56 Å². The predicted molar refractivity (Wildman–Crippen MR) is 203 cm³/mol. The van der Waals surface area contributed by atoms with Crippen molar-refractivity contribution in [1.29, 1.82) is 0 Å². The molecule has 4 aromatic rings. The molecule has 3 aromatic carbocycles. The molecule has 0 unspecified atom stereocenters. The number of ether oxygens (including phenoxy) is 6. The number of carbonyl (C=O) groups excluding carboxylic acids is 2. The standard InChI is InChI=1S/C39H38Cl2N2O9S/c1-7-10-26-15-24(17-31(47-5)36(26)52-20-23-11-13-27(40)28(41)16-23)18-32-37(45)43-35(34(38(46)50-9-3)22(4)42-39(43)53-32)25-12-14-29(30(19-25)49-8-2)51-21-33(44)48-6/h7,11-19,35H,1,8-10,20-21H2,2-6H3/b32-18-/t35-/m0/s1. The lowest BCUT2D eigenvalue weighted by Gasteiger charge is -2.25. The van der Waals surface area contributed by atoms with Gasteiger partial charge in [-0.05, 0) is 86.4 Å². The van der Waals surface area contributed by atoms with E-state index >= 15 is 0 Å². The van der Waals surface area contributed by atoms with Crippen LogP contribution >= 0.6 is 34.5 Å². The second-order valence-electron chi connectivity index (χ2n) is 11.5. The highest BCUT2D eigenvalue weighted by molar-refractivity contribution is 7.07. The molecule has 11 nitrogen and oxygen atoms in total. The Morgan fingerprint density at radius 2 is 1.75 bits per heavy atom. The number of thiazole rings is 1. The van der Waals surface area contributed by atoms with E-state index in [0.717, 1.165) is 11.1 Å². The average molecular weight is 782 g/mol. The molecule has 53 heavy (non-hydrogen) atoms. The van der Waals surface area contributed by atoms with Gasteiger partial charge in [0.2, 0.25) is 0 Å². The lowest BCUT2D eigenvalue weighted by molar-refractivity contribution is -0.143. The number of esters is 2. The maximum Gasteiger partial charge on any atom is 0.343 e. The molecule has 0 spiro atoms. The van der Waals surface area contributed by atoms with Crippen LogP contribution in [0.15, 0.2) is 82.2 Å². The largest absolute Gasteiger partial charge is 0.493 e. The van der Waals surface area contributed by atoms with Crippen molar-refractivity contribution in [2.45, 2.75) is 39.8 Å². The molecular weight excluding hydrogens is 743 g/mol. The Morgan fingerprint density at radius 1 is 0.962 bits per heavy atom. The number of hydrogen-bond acceptors (Lipinski definition) is 11. The van der Waals surface area contributed by atoms with Crippen LogP contribution in [0.4, 0.5) is 0 Å². The molecule has 0 N–H and O–H groups in total. The molecule has 278 valence electrons. The third kappa shape index (κ3) is 8.78. The van der Waals surface area contributed by atoms with Gasteiger partial charge in [0.15, 0.2) is 34.4 Å². The van der Waals surface area contributed by atoms with Gasteiger partial charge in [-0.2, -0.15) is 0 Å². The van der Waals surface area contributed by atoms with E-state index in [9.17, 15) is 14.4 Å². The van der Waals surface area contributed by atoms with E-state index in [1.807, 2.05) is 12.1 Å². The number of fused-ring (bicyclic) bond motifs is 1. The lowest BCUT2D eigenvalue weighted by atomic mass is 9.95. The minimum Gasteiger partial charge on any atom is -0.493 e. The van der Waals surface area contributed by atoms with Gasteiger partial charge < -0.3 is 28.4 Å². The summed E-state index contributed by atoms with van der Waals surface area (Å²) in [5.74, 6) is 0.423. The second-order valence-corrected chi connectivity index (χ2v) is 13.4. The van der Waals surface area contributed by atoms with Gasteiger partial charge in [-0.15, -0.1) is 6.58 Å².